The molecule has 0 spiro atoms. The van der Waals surface area contributed by atoms with Crippen LogP contribution in [0.15, 0.2) is 0 Å². The largest absolute Gasteiger partial charge is 0.353 e. The first kappa shape index (κ1) is 14.4. The maximum atomic E-state index is 11.0. The molecule has 4 heteroatoms. The van der Waals surface area contributed by atoms with Crippen LogP contribution in [-0.4, -0.2) is 23.0 Å². The fraction of sp³-hybridized carbons (Fsp3) is 0.909. The van der Waals surface area contributed by atoms with Crippen molar-refractivity contribution >= 4 is 5.91 Å². The first-order chi connectivity index (χ1) is 6.20. The average Bonchev–Trinajstić information content (AvgIpc) is 1.74. The highest BCUT2D eigenvalue weighted by Crippen LogP contribution is 2.28. The minimum absolute atomic E-state index is 0. The van der Waals surface area contributed by atoms with Gasteiger partial charge in [0.25, 0.3) is 0 Å². The number of hydrogen-bond acceptors (Lipinski definition) is 3. The van der Waals surface area contributed by atoms with E-state index in [9.17, 15) is 4.79 Å². The van der Waals surface area contributed by atoms with Crippen molar-refractivity contribution in [1.29, 1.82) is 0 Å². The fourth-order valence-corrected chi connectivity index (χ4v) is 2.71. The zero-order valence-corrected chi connectivity index (χ0v) is 10.6. The molecule has 1 aliphatic rings. The van der Waals surface area contributed by atoms with Gasteiger partial charge in [-0.05, 0) is 40.5 Å². The zero-order valence-electron chi connectivity index (χ0n) is 10.6. The van der Waals surface area contributed by atoms with E-state index in [2.05, 4.69) is 38.3 Å². The molecule has 15 heavy (non-hydrogen) atoms. The smallest absolute Gasteiger partial charge is 0.217 e. The molecule has 1 saturated heterocycles. The van der Waals surface area contributed by atoms with Crippen molar-refractivity contribution in [2.24, 2.45) is 0 Å². The average molecular weight is 215 g/mol. The van der Waals surface area contributed by atoms with Gasteiger partial charge in [-0.25, -0.2) is 0 Å². The summed E-state index contributed by atoms with van der Waals surface area (Å²) in [7, 11) is 0. The molecule has 0 unspecified atom stereocenters. The van der Waals surface area contributed by atoms with Crippen molar-refractivity contribution < 1.29 is 4.79 Å². The van der Waals surface area contributed by atoms with Crippen LogP contribution >= 0.6 is 0 Å². The van der Waals surface area contributed by atoms with Crippen molar-refractivity contribution in [3.05, 3.63) is 0 Å². The number of hydrogen-bond donors (Lipinski definition) is 3. The molecule has 0 saturated carbocycles. The van der Waals surface area contributed by atoms with E-state index >= 15 is 0 Å². The quantitative estimate of drug-likeness (QED) is 0.621. The predicted octanol–water partition coefficient (Wildman–Crippen LogP) is 1.59. The molecule has 4 nitrogen and oxygen atoms in total. The van der Waals surface area contributed by atoms with Gasteiger partial charge in [0.1, 0.15) is 0 Å². The summed E-state index contributed by atoms with van der Waals surface area (Å²) in [6.45, 7) is 10.3. The lowest BCUT2D eigenvalue weighted by atomic mass is 9.79. The van der Waals surface area contributed by atoms with Crippen molar-refractivity contribution in [2.75, 3.05) is 0 Å². The normalized spacial score (nSPS) is 24.1. The SMILES string of the molecule is CC(=O)NC1CC(C)(C)NC(C)(C)C1.N. The van der Waals surface area contributed by atoms with E-state index in [4.69, 9.17) is 0 Å². The Morgan fingerprint density at radius 3 is 1.93 bits per heavy atom. The van der Waals surface area contributed by atoms with Crippen LogP contribution in [0.25, 0.3) is 0 Å². The molecule has 0 aromatic carbocycles. The summed E-state index contributed by atoms with van der Waals surface area (Å²) in [6.07, 6.45) is 1.99. The second kappa shape index (κ2) is 4.49. The summed E-state index contributed by atoms with van der Waals surface area (Å²) in [5, 5.41) is 6.60. The van der Waals surface area contributed by atoms with Crippen LogP contribution in [0, 0.1) is 0 Å². The maximum absolute atomic E-state index is 11.0. The summed E-state index contributed by atoms with van der Waals surface area (Å²) in [5.41, 5.74) is 0.212. The molecule has 90 valence electrons. The molecule has 0 radical (unpaired) electrons. The first-order valence-corrected chi connectivity index (χ1v) is 5.27. The van der Waals surface area contributed by atoms with Crippen LogP contribution in [0.4, 0.5) is 0 Å². The van der Waals surface area contributed by atoms with Crippen LogP contribution in [-0.2, 0) is 4.79 Å². The van der Waals surface area contributed by atoms with E-state index in [-0.39, 0.29) is 23.1 Å². The minimum atomic E-state index is 0. The molecule has 5 N–H and O–H groups in total. The van der Waals surface area contributed by atoms with Gasteiger partial charge >= 0.3 is 0 Å². The van der Waals surface area contributed by atoms with Gasteiger partial charge in [0.2, 0.25) is 5.91 Å². The Morgan fingerprint density at radius 2 is 1.60 bits per heavy atom. The standard InChI is InChI=1S/C11H22N2O.H3N/c1-8(14)12-9-6-10(2,3)13-11(4,5)7-9;/h9,13H,6-7H2,1-5H3,(H,12,14);1H3. The number of piperidine rings is 1. The Balaban J connectivity index is 0.00000196. The summed E-state index contributed by atoms with van der Waals surface area (Å²) in [4.78, 5) is 11.0. The minimum Gasteiger partial charge on any atom is -0.353 e. The van der Waals surface area contributed by atoms with E-state index < -0.39 is 0 Å². The van der Waals surface area contributed by atoms with Gasteiger partial charge in [0.05, 0.1) is 0 Å². The predicted molar refractivity (Wildman–Crippen MR) is 63.2 cm³/mol. The molecule has 1 aliphatic heterocycles. The fourth-order valence-electron chi connectivity index (χ4n) is 2.71. The van der Waals surface area contributed by atoms with Crippen molar-refractivity contribution in [3.8, 4) is 0 Å². The lowest BCUT2D eigenvalue weighted by molar-refractivity contribution is -0.120. The van der Waals surface area contributed by atoms with Crippen molar-refractivity contribution in [3.63, 3.8) is 0 Å². The van der Waals surface area contributed by atoms with Gasteiger partial charge in [-0.1, -0.05) is 0 Å². The summed E-state index contributed by atoms with van der Waals surface area (Å²) < 4.78 is 0. The molecule has 1 rings (SSSR count). The number of carbonyl (C=O) groups excluding carboxylic acids is 1. The zero-order chi connectivity index (χ0) is 11.0. The lowest BCUT2D eigenvalue weighted by Gasteiger charge is -2.46. The van der Waals surface area contributed by atoms with E-state index in [1.54, 1.807) is 6.92 Å². The number of amides is 1. The molecular formula is C11H25N3O. The first-order valence-electron chi connectivity index (χ1n) is 5.27. The lowest BCUT2D eigenvalue weighted by Crippen LogP contribution is -2.62. The molecule has 1 amide bonds. The number of rotatable bonds is 1. The highest BCUT2D eigenvalue weighted by molar-refractivity contribution is 5.73. The molecule has 0 aromatic rings. The Hall–Kier alpha value is -0.610. The Bertz CT molecular complexity index is 220. The van der Waals surface area contributed by atoms with Gasteiger partial charge in [-0.3, -0.25) is 4.79 Å². The van der Waals surface area contributed by atoms with Crippen molar-refractivity contribution in [2.45, 2.75) is 64.6 Å². The van der Waals surface area contributed by atoms with Crippen LogP contribution < -0.4 is 16.8 Å². The molecular weight excluding hydrogens is 190 g/mol. The summed E-state index contributed by atoms with van der Waals surface area (Å²) in [6, 6.07) is 0.304. The van der Waals surface area contributed by atoms with Gasteiger partial charge in [-0.2, -0.15) is 0 Å². The molecule has 0 atom stereocenters. The Kier molecular flexibility index (Phi) is 4.31. The molecule has 0 aromatic heterocycles. The van der Waals surface area contributed by atoms with Crippen LogP contribution in [0.1, 0.15) is 47.5 Å². The van der Waals surface area contributed by atoms with Gasteiger partial charge in [0.15, 0.2) is 0 Å². The number of nitrogens with one attached hydrogen (secondary N) is 2. The third-order valence-electron chi connectivity index (χ3n) is 2.60. The highest BCUT2D eigenvalue weighted by atomic mass is 16.1. The van der Waals surface area contributed by atoms with Crippen LogP contribution in [0.3, 0.4) is 0 Å². The van der Waals surface area contributed by atoms with Crippen molar-refractivity contribution in [1.82, 2.24) is 16.8 Å². The summed E-state index contributed by atoms with van der Waals surface area (Å²) in [5.74, 6) is 0.0727. The second-order valence-corrected chi connectivity index (χ2v) is 5.70. The third-order valence-corrected chi connectivity index (χ3v) is 2.60. The Morgan fingerprint density at radius 1 is 1.20 bits per heavy atom. The van der Waals surface area contributed by atoms with E-state index in [0.29, 0.717) is 6.04 Å². The highest BCUT2D eigenvalue weighted by Gasteiger charge is 2.37. The topological polar surface area (TPSA) is 76.1 Å². The maximum Gasteiger partial charge on any atom is 0.217 e. The number of carbonyl (C=O) groups is 1. The monoisotopic (exact) mass is 215 g/mol. The van der Waals surface area contributed by atoms with Crippen LogP contribution in [0.2, 0.25) is 0 Å². The van der Waals surface area contributed by atoms with E-state index in [1.165, 1.54) is 0 Å². The third kappa shape index (κ3) is 4.62. The summed E-state index contributed by atoms with van der Waals surface area (Å²) >= 11 is 0. The molecule has 1 heterocycles. The molecule has 1 fully saturated rings. The molecule has 0 aliphatic carbocycles. The molecule has 0 bridgehead atoms. The second-order valence-electron chi connectivity index (χ2n) is 5.70. The van der Waals surface area contributed by atoms with E-state index in [1.807, 2.05) is 0 Å². The van der Waals surface area contributed by atoms with Gasteiger partial charge < -0.3 is 16.8 Å². The Labute approximate surface area is 92.8 Å². The van der Waals surface area contributed by atoms with Crippen LogP contribution in [0.5, 0.6) is 0 Å². The van der Waals surface area contributed by atoms with Gasteiger partial charge in [-0.15, -0.1) is 0 Å². The van der Waals surface area contributed by atoms with Gasteiger partial charge in [0, 0.05) is 24.0 Å². The van der Waals surface area contributed by atoms with E-state index in [0.717, 1.165) is 12.8 Å².